The number of carbonyl (C=O) groups excluding carboxylic acids is 1. The van der Waals surface area contributed by atoms with Gasteiger partial charge in [-0.2, -0.15) is 5.10 Å². The molecule has 35 heavy (non-hydrogen) atoms. The number of benzene rings is 1. The number of nitrogens with one attached hydrogen (secondary N) is 1. The number of carbonyl (C=O) groups is 2. The third-order valence-electron chi connectivity index (χ3n) is 5.91. The second kappa shape index (κ2) is 13.3. The number of hydrogen-bond donors (Lipinski definition) is 4. The molecule has 3 rings (SSSR count). The van der Waals surface area contributed by atoms with Gasteiger partial charge in [0, 0.05) is 18.0 Å². The van der Waals surface area contributed by atoms with Gasteiger partial charge in [0.15, 0.2) is 5.69 Å². The average molecular weight is 498 g/mol. The van der Waals surface area contributed by atoms with Crippen LogP contribution in [0.1, 0.15) is 80.0 Å². The maximum absolute atomic E-state index is 13.5. The van der Waals surface area contributed by atoms with Gasteiger partial charge >= 0.3 is 35.5 Å². The van der Waals surface area contributed by atoms with Crippen molar-refractivity contribution in [2.45, 2.75) is 76.5 Å². The molecule has 1 heterocycles. The van der Waals surface area contributed by atoms with Crippen molar-refractivity contribution in [3.63, 3.8) is 0 Å². The number of hydrogen-bond acceptors (Lipinski definition) is 5. The van der Waals surface area contributed by atoms with Gasteiger partial charge in [-0.15, -0.1) is 0 Å². The van der Waals surface area contributed by atoms with Gasteiger partial charge in [0.2, 0.25) is 0 Å². The van der Waals surface area contributed by atoms with Crippen LogP contribution in [0.25, 0.3) is 11.8 Å². The summed E-state index contributed by atoms with van der Waals surface area (Å²) in [4.78, 5) is 23.9. The Balaban J connectivity index is 0.00000432. The predicted molar refractivity (Wildman–Crippen MR) is 132 cm³/mol. The molecule has 0 saturated heterocycles. The zero-order valence-corrected chi connectivity index (χ0v) is 19.4. The Bertz CT molecular complexity index is 1030. The minimum absolute atomic E-state index is 0. The summed E-state index contributed by atoms with van der Waals surface area (Å²) in [6, 6.07) is 5.81. The molecule has 186 valence electrons. The first-order chi connectivity index (χ1) is 16.2. The molecule has 10 heteroatoms. The van der Waals surface area contributed by atoms with E-state index in [1.54, 1.807) is 18.2 Å². The van der Waals surface area contributed by atoms with E-state index in [0.29, 0.717) is 16.9 Å². The molecule has 8 nitrogen and oxygen atoms in total. The Kier molecular flexibility index (Phi) is 11.1. The van der Waals surface area contributed by atoms with Crippen LogP contribution in [0.5, 0.6) is 0 Å². The zero-order valence-electron chi connectivity index (χ0n) is 19.4. The minimum atomic E-state index is -1.20. The number of halogens is 1. The third-order valence-corrected chi connectivity index (χ3v) is 5.91. The summed E-state index contributed by atoms with van der Waals surface area (Å²) in [5.74, 6) is -1.92. The van der Waals surface area contributed by atoms with Crippen molar-refractivity contribution in [3.8, 4) is 5.69 Å². The first-order valence-electron chi connectivity index (χ1n) is 11.6. The van der Waals surface area contributed by atoms with Crippen LogP contribution in [-0.2, 0) is 4.79 Å². The summed E-state index contributed by atoms with van der Waals surface area (Å²) in [6.07, 6.45) is 4.12. The summed E-state index contributed by atoms with van der Waals surface area (Å²) in [5.41, 5.74) is 2.04. The molecule has 1 fully saturated rings. The van der Waals surface area contributed by atoms with Gasteiger partial charge in [0.25, 0.3) is 5.91 Å². The van der Waals surface area contributed by atoms with Crippen LogP contribution in [0.2, 0.25) is 0 Å². The number of carboxylic acid groups (broad SMARTS) is 1. The molecule has 0 radical (unpaired) electrons. The fraction of sp³-hybridized carbons (Fsp3) is 0.480. The maximum atomic E-state index is 13.5. The molecule has 0 bridgehead atoms. The second-order valence-electron chi connectivity index (χ2n) is 9.06. The monoisotopic (exact) mass is 497 g/mol. The summed E-state index contributed by atoms with van der Waals surface area (Å²) in [6.45, 7) is 3.87. The van der Waals surface area contributed by atoms with Crippen LogP contribution in [-0.4, -0.2) is 84.8 Å². The molecule has 1 aromatic heterocycles. The number of aromatic nitrogens is 2. The van der Waals surface area contributed by atoms with Crippen molar-refractivity contribution >= 4 is 47.5 Å². The fourth-order valence-electron chi connectivity index (χ4n) is 4.29. The Morgan fingerprint density at radius 3 is 2.40 bits per heavy atom. The molecule has 1 saturated carbocycles. The molecule has 0 unspecified atom stereocenters. The Labute approximate surface area is 226 Å². The van der Waals surface area contributed by atoms with Crippen LogP contribution in [0.3, 0.4) is 0 Å². The van der Waals surface area contributed by atoms with E-state index < -0.39 is 30.4 Å². The van der Waals surface area contributed by atoms with Gasteiger partial charge in [-0.3, -0.25) is 9.59 Å². The van der Waals surface area contributed by atoms with Crippen molar-refractivity contribution < 1.29 is 29.3 Å². The summed E-state index contributed by atoms with van der Waals surface area (Å²) < 4.78 is 15.1. The van der Waals surface area contributed by atoms with E-state index in [2.05, 4.69) is 10.4 Å². The van der Waals surface area contributed by atoms with Gasteiger partial charge in [-0.25, -0.2) is 9.07 Å². The molecular weight excluding hydrogens is 464 g/mol. The molecule has 0 aliphatic heterocycles. The van der Waals surface area contributed by atoms with E-state index in [1.807, 2.05) is 13.8 Å². The quantitative estimate of drug-likeness (QED) is 0.374. The summed E-state index contributed by atoms with van der Waals surface area (Å²) >= 11 is 0. The van der Waals surface area contributed by atoms with Crippen molar-refractivity contribution in [3.05, 3.63) is 53.1 Å². The molecule has 2 atom stereocenters. The molecule has 1 amide bonds. The fourth-order valence-corrected chi connectivity index (χ4v) is 4.29. The van der Waals surface area contributed by atoms with Gasteiger partial charge in [-0.05, 0) is 49.1 Å². The third kappa shape index (κ3) is 7.98. The normalized spacial score (nSPS) is 15.8. The Hall–Kier alpha value is -2.04. The van der Waals surface area contributed by atoms with Gasteiger partial charge in [0.1, 0.15) is 5.82 Å². The van der Waals surface area contributed by atoms with E-state index in [1.165, 1.54) is 22.9 Å². The molecule has 2 aromatic rings. The van der Waals surface area contributed by atoms with Crippen LogP contribution >= 0.6 is 0 Å². The number of aliphatic hydroxyl groups is 2. The average Bonchev–Trinajstić information content (AvgIpc) is 3.39. The predicted octanol–water partition coefficient (Wildman–Crippen LogP) is 2.76. The SMILES string of the molecule is CC(C)c1c(C(=O)NC2CCCC2)nn(-c2ccc(F)cc2)c1C=C[C@H](O)C[C@@H](O)CC(=O)O.[NaH]. The molecule has 0 spiro atoms. The number of nitrogens with zero attached hydrogens (tertiary/aromatic N) is 2. The molecule has 4 N–H and O–H groups in total. The number of carboxylic acids is 1. The standard InChI is InChI=1S/C25H32FN3O5.Na.H/c1-15(2)23-21(12-11-19(30)13-20(31)14-22(32)33)29(18-9-7-16(26)8-10-18)28-24(23)25(34)27-17-5-3-4-6-17;;/h7-12,15,17,19-20,30-31H,3-6,13-14H2,1-2H3,(H,27,34)(H,32,33);;/t19-,20+;;/m0../s1. The summed E-state index contributed by atoms with van der Waals surface area (Å²) in [5, 5.41) is 36.6. The van der Waals surface area contributed by atoms with Crippen molar-refractivity contribution in [2.24, 2.45) is 0 Å². The Morgan fingerprint density at radius 2 is 1.83 bits per heavy atom. The topological polar surface area (TPSA) is 125 Å². The first-order valence-corrected chi connectivity index (χ1v) is 11.6. The zero-order chi connectivity index (χ0) is 24.8. The van der Waals surface area contributed by atoms with Crippen LogP contribution in [0.4, 0.5) is 4.39 Å². The number of amides is 1. The van der Waals surface area contributed by atoms with Gasteiger partial charge < -0.3 is 20.6 Å². The Morgan fingerprint density at radius 1 is 1.20 bits per heavy atom. The van der Waals surface area contributed by atoms with E-state index >= 15 is 0 Å². The van der Waals surface area contributed by atoms with Gasteiger partial charge in [0.05, 0.1) is 30.0 Å². The first kappa shape index (κ1) is 29.2. The van der Waals surface area contributed by atoms with Crippen molar-refractivity contribution in [1.29, 1.82) is 0 Å². The van der Waals surface area contributed by atoms with Crippen molar-refractivity contribution in [1.82, 2.24) is 15.1 Å². The molecule has 1 aromatic carbocycles. The van der Waals surface area contributed by atoms with Crippen LogP contribution in [0, 0.1) is 5.82 Å². The van der Waals surface area contributed by atoms with E-state index in [-0.39, 0.29) is 59.5 Å². The molecular formula is C25H33FN3NaO5. The molecule has 1 aliphatic carbocycles. The van der Waals surface area contributed by atoms with Gasteiger partial charge in [-0.1, -0.05) is 32.8 Å². The summed E-state index contributed by atoms with van der Waals surface area (Å²) in [7, 11) is 0. The van der Waals surface area contributed by atoms with E-state index in [4.69, 9.17) is 5.11 Å². The number of rotatable bonds is 10. The second-order valence-corrected chi connectivity index (χ2v) is 9.06. The van der Waals surface area contributed by atoms with Crippen LogP contribution in [0.15, 0.2) is 30.3 Å². The number of aliphatic carboxylic acids is 1. The van der Waals surface area contributed by atoms with E-state index in [9.17, 15) is 24.2 Å². The van der Waals surface area contributed by atoms with Crippen molar-refractivity contribution in [2.75, 3.05) is 0 Å². The number of aliphatic hydroxyl groups excluding tert-OH is 2. The molecule has 1 aliphatic rings. The van der Waals surface area contributed by atoms with E-state index in [0.717, 1.165) is 25.7 Å². The van der Waals surface area contributed by atoms with Crippen LogP contribution < -0.4 is 5.32 Å².